The number of likely N-dealkylation sites (tertiary alicyclic amines) is 1. The molecule has 1 heterocycles. The van der Waals surface area contributed by atoms with Crippen LogP contribution in [0.15, 0.2) is 72.8 Å². The number of aromatic hydroxyl groups is 1. The number of halogens is 1. The number of hydrogen-bond acceptors (Lipinski definition) is 4. The van der Waals surface area contributed by atoms with Gasteiger partial charge in [0.2, 0.25) is 5.91 Å². The minimum atomic E-state index is -0.759. The zero-order valence-electron chi connectivity index (χ0n) is 17.2. The van der Waals surface area contributed by atoms with E-state index in [4.69, 9.17) is 11.6 Å². The van der Waals surface area contributed by atoms with E-state index in [1.54, 1.807) is 54.6 Å². The number of carbonyl (C=O) groups excluding carboxylic acids is 2. The average Bonchev–Trinajstić information content (AvgIpc) is 3.20. The lowest BCUT2D eigenvalue weighted by atomic mass is 10.0. The molecule has 0 bridgehead atoms. The second-order valence-corrected chi connectivity index (χ2v) is 8.27. The molecule has 1 aliphatic rings. The van der Waals surface area contributed by atoms with E-state index in [9.17, 15) is 19.8 Å². The number of hydrogen-bond donors (Lipinski definition) is 3. The number of nitrogens with one attached hydrogen (secondary N) is 1. The van der Waals surface area contributed by atoms with Crippen LogP contribution >= 0.6 is 11.6 Å². The number of benzene rings is 3. The number of aliphatic hydroxyl groups is 1. The van der Waals surface area contributed by atoms with Gasteiger partial charge in [-0.2, -0.15) is 0 Å². The number of rotatable bonds is 5. The summed E-state index contributed by atoms with van der Waals surface area (Å²) in [5, 5.41) is 23.1. The van der Waals surface area contributed by atoms with Gasteiger partial charge in [0.25, 0.3) is 5.91 Å². The van der Waals surface area contributed by atoms with Crippen molar-refractivity contribution in [1.82, 2.24) is 10.2 Å². The third-order valence-electron chi connectivity index (χ3n) is 5.53. The molecule has 6 nitrogen and oxygen atoms in total. The van der Waals surface area contributed by atoms with Crippen molar-refractivity contribution in [2.45, 2.75) is 25.1 Å². The summed E-state index contributed by atoms with van der Waals surface area (Å²) < 4.78 is 0. The van der Waals surface area contributed by atoms with Gasteiger partial charge in [0.1, 0.15) is 11.8 Å². The maximum Gasteiger partial charge on any atom is 0.254 e. The Morgan fingerprint density at radius 3 is 2.44 bits per heavy atom. The largest absolute Gasteiger partial charge is 0.508 e. The Kier molecular flexibility index (Phi) is 6.44. The molecule has 3 aromatic rings. The zero-order chi connectivity index (χ0) is 22.7. The Morgan fingerprint density at radius 2 is 1.72 bits per heavy atom. The summed E-state index contributed by atoms with van der Waals surface area (Å²) in [6.45, 7) is 0.405. The highest BCUT2D eigenvalue weighted by Crippen LogP contribution is 2.26. The molecule has 2 atom stereocenters. The quantitative estimate of drug-likeness (QED) is 0.554. The third kappa shape index (κ3) is 4.93. The normalized spacial score (nSPS) is 17.9. The molecule has 7 heteroatoms. The van der Waals surface area contributed by atoms with Gasteiger partial charge < -0.3 is 20.4 Å². The van der Waals surface area contributed by atoms with Crippen LogP contribution in [0.25, 0.3) is 11.1 Å². The first-order chi connectivity index (χ1) is 15.4. The number of nitrogens with zero attached hydrogens (tertiary/aromatic N) is 1. The van der Waals surface area contributed by atoms with E-state index in [1.807, 2.05) is 18.2 Å². The predicted octanol–water partition coefficient (Wildman–Crippen LogP) is 3.60. The van der Waals surface area contributed by atoms with Gasteiger partial charge >= 0.3 is 0 Å². The van der Waals surface area contributed by atoms with E-state index in [0.29, 0.717) is 17.1 Å². The van der Waals surface area contributed by atoms with Crippen LogP contribution in [0.3, 0.4) is 0 Å². The van der Waals surface area contributed by atoms with Crippen molar-refractivity contribution in [2.75, 3.05) is 6.54 Å². The van der Waals surface area contributed by atoms with Crippen molar-refractivity contribution >= 4 is 23.4 Å². The van der Waals surface area contributed by atoms with E-state index in [2.05, 4.69) is 5.32 Å². The summed E-state index contributed by atoms with van der Waals surface area (Å²) in [4.78, 5) is 27.5. The molecule has 4 rings (SSSR count). The first kappa shape index (κ1) is 21.9. The molecule has 164 valence electrons. The minimum Gasteiger partial charge on any atom is -0.508 e. The molecule has 1 fully saturated rings. The monoisotopic (exact) mass is 450 g/mol. The Bertz CT molecular complexity index is 1120. The standard InChI is InChI=1S/C25H23ClN2O4/c26-20-8-4-16(5-9-20)14-27-24(31)23-13-22(30)15-28(23)25(32)19-3-1-2-18(12-19)17-6-10-21(29)11-7-17/h1-12,22-23,29-30H,13-15H2,(H,27,31). The van der Waals surface area contributed by atoms with Crippen LogP contribution in [0.2, 0.25) is 5.02 Å². The molecule has 0 radical (unpaired) electrons. The highest BCUT2D eigenvalue weighted by atomic mass is 35.5. The number of phenolic OH excluding ortho intramolecular Hbond substituents is 1. The van der Waals surface area contributed by atoms with Crippen LogP contribution in [0.5, 0.6) is 5.75 Å². The summed E-state index contributed by atoms with van der Waals surface area (Å²) in [5.74, 6) is -0.451. The van der Waals surface area contributed by atoms with Crippen molar-refractivity contribution in [3.63, 3.8) is 0 Å². The molecular formula is C25H23ClN2O4. The van der Waals surface area contributed by atoms with E-state index < -0.39 is 12.1 Å². The van der Waals surface area contributed by atoms with Crippen LogP contribution in [0, 0.1) is 0 Å². The first-order valence-electron chi connectivity index (χ1n) is 10.3. The smallest absolute Gasteiger partial charge is 0.254 e. The van der Waals surface area contributed by atoms with E-state index >= 15 is 0 Å². The van der Waals surface area contributed by atoms with Crippen molar-refractivity contribution in [2.24, 2.45) is 0 Å². The molecule has 0 aromatic heterocycles. The van der Waals surface area contributed by atoms with Crippen molar-refractivity contribution < 1.29 is 19.8 Å². The molecule has 0 saturated carbocycles. The van der Waals surface area contributed by atoms with Crippen LogP contribution in [-0.4, -0.2) is 45.6 Å². The van der Waals surface area contributed by atoms with Gasteiger partial charge in [0.05, 0.1) is 6.10 Å². The second-order valence-electron chi connectivity index (χ2n) is 7.83. The molecule has 3 N–H and O–H groups in total. The topological polar surface area (TPSA) is 89.9 Å². The summed E-state index contributed by atoms with van der Waals surface area (Å²) in [6, 6.07) is 20.2. The Balaban J connectivity index is 1.49. The van der Waals surface area contributed by atoms with Gasteiger partial charge in [-0.1, -0.05) is 48.0 Å². The van der Waals surface area contributed by atoms with Crippen molar-refractivity contribution in [1.29, 1.82) is 0 Å². The van der Waals surface area contributed by atoms with Crippen molar-refractivity contribution in [3.8, 4) is 16.9 Å². The molecule has 0 aliphatic carbocycles. The molecule has 0 spiro atoms. The van der Waals surface area contributed by atoms with Gasteiger partial charge in [-0.15, -0.1) is 0 Å². The maximum absolute atomic E-state index is 13.2. The highest BCUT2D eigenvalue weighted by Gasteiger charge is 2.39. The van der Waals surface area contributed by atoms with E-state index in [0.717, 1.165) is 16.7 Å². The summed E-state index contributed by atoms with van der Waals surface area (Å²) in [7, 11) is 0. The van der Waals surface area contributed by atoms with Crippen LogP contribution in [-0.2, 0) is 11.3 Å². The van der Waals surface area contributed by atoms with Gasteiger partial charge in [-0.25, -0.2) is 0 Å². The fourth-order valence-electron chi connectivity index (χ4n) is 3.85. The lowest BCUT2D eigenvalue weighted by Gasteiger charge is -2.24. The number of amides is 2. The van der Waals surface area contributed by atoms with Crippen molar-refractivity contribution in [3.05, 3.63) is 88.9 Å². The van der Waals surface area contributed by atoms with Gasteiger partial charge in [-0.3, -0.25) is 9.59 Å². The molecule has 1 aliphatic heterocycles. The lowest BCUT2D eigenvalue weighted by Crippen LogP contribution is -2.45. The predicted molar refractivity (Wildman–Crippen MR) is 122 cm³/mol. The van der Waals surface area contributed by atoms with E-state index in [-0.39, 0.29) is 30.5 Å². The summed E-state index contributed by atoms with van der Waals surface area (Å²) in [5.41, 5.74) is 3.00. The fourth-order valence-corrected chi connectivity index (χ4v) is 3.97. The minimum absolute atomic E-state index is 0.0985. The fraction of sp³-hybridized carbons (Fsp3) is 0.200. The first-order valence-corrected chi connectivity index (χ1v) is 10.7. The highest BCUT2D eigenvalue weighted by molar-refractivity contribution is 6.30. The molecule has 2 unspecified atom stereocenters. The van der Waals surface area contributed by atoms with Crippen LogP contribution in [0.4, 0.5) is 0 Å². The van der Waals surface area contributed by atoms with Gasteiger partial charge in [0.15, 0.2) is 0 Å². The molecule has 3 aromatic carbocycles. The summed E-state index contributed by atoms with van der Waals surface area (Å²) >= 11 is 5.89. The Labute approximate surface area is 191 Å². The number of aliphatic hydroxyl groups excluding tert-OH is 1. The van der Waals surface area contributed by atoms with Gasteiger partial charge in [-0.05, 0) is 53.1 Å². The summed E-state index contributed by atoms with van der Waals surface area (Å²) in [6.07, 6.45) is -0.568. The molecule has 32 heavy (non-hydrogen) atoms. The lowest BCUT2D eigenvalue weighted by molar-refractivity contribution is -0.125. The molecule has 2 amide bonds. The Hall–Kier alpha value is -3.35. The maximum atomic E-state index is 13.2. The third-order valence-corrected chi connectivity index (χ3v) is 5.78. The molecular weight excluding hydrogens is 428 g/mol. The Morgan fingerprint density at radius 1 is 1.00 bits per heavy atom. The van der Waals surface area contributed by atoms with Crippen LogP contribution in [0.1, 0.15) is 22.3 Å². The van der Waals surface area contributed by atoms with Crippen LogP contribution < -0.4 is 5.32 Å². The van der Waals surface area contributed by atoms with E-state index in [1.165, 1.54) is 4.90 Å². The molecule has 1 saturated heterocycles. The average molecular weight is 451 g/mol. The van der Waals surface area contributed by atoms with Gasteiger partial charge in [0, 0.05) is 30.1 Å². The second kappa shape index (κ2) is 9.42. The number of β-amino-alcohol motifs (C(OH)–C–C–N with tert-alkyl or cyclic N) is 1. The SMILES string of the molecule is O=C(NCc1ccc(Cl)cc1)C1CC(O)CN1C(=O)c1cccc(-c2ccc(O)cc2)c1. The zero-order valence-corrected chi connectivity index (χ0v) is 18.0. The number of carbonyl (C=O) groups is 2. The number of phenols is 1.